The number of hydrogen-bond donors (Lipinski definition) is 1. The number of thioether (sulfide) groups is 1. The van der Waals surface area contributed by atoms with Crippen molar-refractivity contribution in [1.29, 1.82) is 0 Å². The van der Waals surface area contributed by atoms with Gasteiger partial charge in [0.2, 0.25) is 0 Å². The van der Waals surface area contributed by atoms with Crippen molar-refractivity contribution in [3.05, 3.63) is 35.4 Å². The predicted octanol–water partition coefficient (Wildman–Crippen LogP) is 3.46. The first-order valence-corrected chi connectivity index (χ1v) is 7.51. The first kappa shape index (κ1) is 14.7. The molecule has 1 aromatic carbocycles. The van der Waals surface area contributed by atoms with Gasteiger partial charge in [-0.1, -0.05) is 50.2 Å². The first-order chi connectivity index (χ1) is 9.34. The third kappa shape index (κ3) is 2.72. The van der Waals surface area contributed by atoms with Crippen LogP contribution < -0.4 is 5.73 Å². The summed E-state index contributed by atoms with van der Waals surface area (Å²) in [5, 5.41) is 4.41. The Bertz CT molecular complexity index is 624. The molecule has 0 aliphatic heterocycles. The molecule has 0 aliphatic carbocycles. The van der Waals surface area contributed by atoms with E-state index in [-0.39, 0.29) is 5.41 Å². The number of benzene rings is 1. The molecule has 2 aromatic rings. The average Bonchev–Trinajstić information content (AvgIpc) is 2.81. The minimum absolute atomic E-state index is 0.0802. The number of aromatic nitrogens is 1. The Hall–Kier alpha value is -1.75. The summed E-state index contributed by atoms with van der Waals surface area (Å²) in [4.78, 5) is 11.6. The molecular formula is C15H18N2O2S. The molecule has 0 unspecified atom stereocenters. The second kappa shape index (κ2) is 5.32. The molecule has 1 heterocycles. The van der Waals surface area contributed by atoms with Crippen LogP contribution in [0, 0.1) is 0 Å². The van der Waals surface area contributed by atoms with Gasteiger partial charge < -0.3 is 10.3 Å². The summed E-state index contributed by atoms with van der Waals surface area (Å²) in [5.74, 6) is -0.0900. The molecule has 0 fully saturated rings. The normalized spacial score (nSPS) is 11.6. The number of hydrogen-bond acceptors (Lipinski definition) is 4. The van der Waals surface area contributed by atoms with Gasteiger partial charge >= 0.3 is 0 Å². The Kier molecular flexibility index (Phi) is 3.90. The molecule has 2 N–H and O–H groups in total. The quantitative estimate of drug-likeness (QED) is 0.879. The lowest BCUT2D eigenvalue weighted by Gasteiger charge is -2.18. The standard InChI is InChI=1S/C15H18N2O2S/c1-15(2,3)10-7-5-9(6-8-10)12-11(13(16)18)14(20-4)17-19-12/h5-8H,1-4H3,(H2,16,18). The van der Waals surface area contributed by atoms with Crippen molar-refractivity contribution in [2.24, 2.45) is 5.73 Å². The zero-order chi connectivity index (χ0) is 14.9. The zero-order valence-corrected chi connectivity index (χ0v) is 12.9. The lowest BCUT2D eigenvalue weighted by atomic mass is 9.86. The van der Waals surface area contributed by atoms with Crippen LogP contribution >= 0.6 is 11.8 Å². The van der Waals surface area contributed by atoms with Gasteiger partial charge in [0.05, 0.1) is 0 Å². The maximum absolute atomic E-state index is 11.6. The van der Waals surface area contributed by atoms with Gasteiger partial charge in [0.15, 0.2) is 10.8 Å². The maximum atomic E-state index is 11.6. The Morgan fingerprint density at radius 2 is 1.85 bits per heavy atom. The summed E-state index contributed by atoms with van der Waals surface area (Å²) in [7, 11) is 0. The monoisotopic (exact) mass is 290 g/mol. The Morgan fingerprint density at radius 3 is 2.30 bits per heavy atom. The second-order valence-corrected chi connectivity index (χ2v) is 6.38. The van der Waals surface area contributed by atoms with E-state index in [9.17, 15) is 4.79 Å². The molecule has 1 amide bonds. The fourth-order valence-corrected chi connectivity index (χ4v) is 2.46. The summed E-state index contributed by atoms with van der Waals surface area (Å²) in [5.41, 5.74) is 7.87. The summed E-state index contributed by atoms with van der Waals surface area (Å²) in [6.07, 6.45) is 1.83. The number of primary amides is 1. The largest absolute Gasteiger partial charge is 0.365 e. The number of nitrogens with zero attached hydrogens (tertiary/aromatic N) is 1. The van der Waals surface area contributed by atoms with Gasteiger partial charge in [0.1, 0.15) is 5.56 Å². The highest BCUT2D eigenvalue weighted by molar-refractivity contribution is 7.98. The molecule has 0 spiro atoms. The van der Waals surface area contributed by atoms with E-state index in [1.165, 1.54) is 17.3 Å². The third-order valence-corrected chi connectivity index (χ3v) is 3.78. The highest BCUT2D eigenvalue weighted by Gasteiger charge is 2.22. The minimum atomic E-state index is -0.523. The van der Waals surface area contributed by atoms with Gasteiger partial charge in [0.25, 0.3) is 5.91 Å². The summed E-state index contributed by atoms with van der Waals surface area (Å²) in [6.45, 7) is 6.45. The molecule has 1 aromatic heterocycles. The van der Waals surface area contributed by atoms with Gasteiger partial charge in [-0.15, -0.1) is 11.8 Å². The summed E-state index contributed by atoms with van der Waals surface area (Å²) >= 11 is 1.34. The lowest BCUT2D eigenvalue weighted by Crippen LogP contribution is -2.12. The molecule has 2 rings (SSSR count). The Balaban J connectivity index is 2.47. The molecular weight excluding hydrogens is 272 g/mol. The molecule has 0 saturated heterocycles. The summed E-state index contributed by atoms with van der Waals surface area (Å²) in [6, 6.07) is 7.91. The van der Waals surface area contributed by atoms with Crippen molar-refractivity contribution in [3.8, 4) is 11.3 Å². The molecule has 5 heteroatoms. The van der Waals surface area contributed by atoms with Crippen molar-refractivity contribution in [2.45, 2.75) is 31.2 Å². The van der Waals surface area contributed by atoms with Crippen LogP contribution in [0.3, 0.4) is 0 Å². The van der Waals surface area contributed by atoms with Crippen molar-refractivity contribution >= 4 is 17.7 Å². The number of rotatable bonds is 3. The van der Waals surface area contributed by atoms with Crippen LogP contribution in [0.4, 0.5) is 0 Å². The smallest absolute Gasteiger partial charge is 0.255 e. The van der Waals surface area contributed by atoms with Crippen LogP contribution in [0.15, 0.2) is 33.8 Å². The fraction of sp³-hybridized carbons (Fsp3) is 0.333. The molecule has 0 bridgehead atoms. The number of nitrogens with two attached hydrogens (primary N) is 1. The van der Waals surface area contributed by atoms with Crippen LogP contribution in [0.2, 0.25) is 0 Å². The first-order valence-electron chi connectivity index (χ1n) is 6.29. The SMILES string of the molecule is CSc1noc(-c2ccc(C(C)(C)C)cc2)c1C(N)=O. The second-order valence-electron chi connectivity index (χ2n) is 5.59. The highest BCUT2D eigenvalue weighted by Crippen LogP contribution is 2.32. The molecule has 4 nitrogen and oxygen atoms in total. The van der Waals surface area contributed by atoms with E-state index in [1.54, 1.807) is 0 Å². The van der Waals surface area contributed by atoms with Crippen LogP contribution in [0.25, 0.3) is 11.3 Å². The van der Waals surface area contributed by atoms with Crippen LogP contribution in [-0.4, -0.2) is 17.3 Å². The van der Waals surface area contributed by atoms with Gasteiger partial charge in [-0.2, -0.15) is 0 Å². The number of amides is 1. The van der Waals surface area contributed by atoms with E-state index < -0.39 is 5.91 Å². The van der Waals surface area contributed by atoms with Gasteiger partial charge in [-0.25, -0.2) is 0 Å². The third-order valence-electron chi connectivity index (χ3n) is 3.11. The van der Waals surface area contributed by atoms with Gasteiger partial charge in [0, 0.05) is 5.56 Å². The summed E-state index contributed by atoms with van der Waals surface area (Å²) < 4.78 is 5.29. The van der Waals surface area contributed by atoms with E-state index in [0.717, 1.165) is 5.56 Å². The Labute approximate surface area is 122 Å². The molecule has 0 aliphatic rings. The molecule has 0 saturated carbocycles. The molecule has 106 valence electrons. The van der Waals surface area contributed by atoms with Gasteiger partial charge in [-0.05, 0) is 17.2 Å². The number of carbonyl (C=O) groups is 1. The van der Waals surface area contributed by atoms with E-state index >= 15 is 0 Å². The fourth-order valence-electron chi connectivity index (χ4n) is 1.95. The molecule has 0 radical (unpaired) electrons. The van der Waals surface area contributed by atoms with Crippen molar-refractivity contribution in [3.63, 3.8) is 0 Å². The van der Waals surface area contributed by atoms with E-state index in [2.05, 4.69) is 25.9 Å². The van der Waals surface area contributed by atoms with Crippen LogP contribution in [0.5, 0.6) is 0 Å². The lowest BCUT2D eigenvalue weighted by molar-refractivity contribution is 0.0998. The van der Waals surface area contributed by atoms with Crippen molar-refractivity contribution in [2.75, 3.05) is 6.26 Å². The zero-order valence-electron chi connectivity index (χ0n) is 12.1. The number of carbonyl (C=O) groups excluding carboxylic acids is 1. The predicted molar refractivity (Wildman–Crippen MR) is 80.9 cm³/mol. The van der Waals surface area contributed by atoms with E-state index in [0.29, 0.717) is 16.3 Å². The van der Waals surface area contributed by atoms with E-state index in [1.807, 2.05) is 30.5 Å². The van der Waals surface area contributed by atoms with Gasteiger partial charge in [-0.3, -0.25) is 4.79 Å². The topological polar surface area (TPSA) is 69.1 Å². The van der Waals surface area contributed by atoms with Crippen LogP contribution in [-0.2, 0) is 5.41 Å². The molecule has 20 heavy (non-hydrogen) atoms. The average molecular weight is 290 g/mol. The maximum Gasteiger partial charge on any atom is 0.255 e. The highest BCUT2D eigenvalue weighted by atomic mass is 32.2. The minimum Gasteiger partial charge on any atom is -0.365 e. The van der Waals surface area contributed by atoms with Crippen molar-refractivity contribution < 1.29 is 9.32 Å². The molecule has 0 atom stereocenters. The Morgan fingerprint density at radius 1 is 1.25 bits per heavy atom. The van der Waals surface area contributed by atoms with Crippen molar-refractivity contribution in [1.82, 2.24) is 5.16 Å². The van der Waals surface area contributed by atoms with Crippen LogP contribution in [0.1, 0.15) is 36.7 Å². The van der Waals surface area contributed by atoms with E-state index in [4.69, 9.17) is 10.3 Å².